The summed E-state index contributed by atoms with van der Waals surface area (Å²) in [6, 6.07) is 5.25. The minimum absolute atomic E-state index is 0.354. The molecule has 20 heavy (non-hydrogen) atoms. The van der Waals surface area contributed by atoms with Gasteiger partial charge < -0.3 is 5.73 Å². The summed E-state index contributed by atoms with van der Waals surface area (Å²) in [5.74, 6) is -0.523. The fourth-order valence-corrected chi connectivity index (χ4v) is 2.61. The van der Waals surface area contributed by atoms with Gasteiger partial charge in [0, 0.05) is 21.0 Å². The van der Waals surface area contributed by atoms with Gasteiger partial charge in [0.05, 0.1) is 0 Å². The summed E-state index contributed by atoms with van der Waals surface area (Å²) < 4.78 is 0.821. The van der Waals surface area contributed by atoms with Gasteiger partial charge in [-0.2, -0.15) is 0 Å². The first-order valence-corrected chi connectivity index (χ1v) is 7.10. The fourth-order valence-electron chi connectivity index (χ4n) is 1.74. The molecule has 0 aliphatic rings. The minimum Gasteiger partial charge on any atom is -0.368 e. The first-order chi connectivity index (χ1) is 9.41. The lowest BCUT2D eigenvalue weighted by molar-refractivity contribution is -0.124. The summed E-state index contributed by atoms with van der Waals surface area (Å²) in [4.78, 5) is 14.5. The summed E-state index contributed by atoms with van der Waals surface area (Å²) in [6.07, 6.45) is 0.598. The van der Waals surface area contributed by atoms with Crippen LogP contribution >= 0.6 is 27.5 Å². The molecule has 1 unspecified atom stereocenters. The van der Waals surface area contributed by atoms with E-state index in [1.165, 1.54) is 0 Å². The van der Waals surface area contributed by atoms with Crippen molar-refractivity contribution in [1.29, 1.82) is 0 Å². The maximum atomic E-state index is 11.8. The number of carbonyl (C=O) groups excluding carboxylic acids is 1. The van der Waals surface area contributed by atoms with E-state index in [0.29, 0.717) is 30.1 Å². The molecule has 6 nitrogen and oxygen atoms in total. The van der Waals surface area contributed by atoms with Crippen LogP contribution in [0.25, 0.3) is 10.4 Å². The number of nitrogens with zero attached hydrogens (tertiary/aromatic N) is 3. The second kappa shape index (κ2) is 7.50. The van der Waals surface area contributed by atoms with Crippen molar-refractivity contribution in [1.82, 2.24) is 5.32 Å². The zero-order chi connectivity index (χ0) is 15.2. The Bertz CT molecular complexity index is 547. The van der Waals surface area contributed by atoms with E-state index in [0.717, 1.165) is 4.47 Å². The molecular weight excluding hydrogens is 346 g/mol. The third-order valence-corrected chi connectivity index (χ3v) is 3.75. The van der Waals surface area contributed by atoms with Crippen LogP contribution in [0.2, 0.25) is 5.02 Å². The molecule has 0 bridgehead atoms. The van der Waals surface area contributed by atoms with Gasteiger partial charge in [-0.15, -0.1) is 0 Å². The molecule has 0 aliphatic heterocycles. The Morgan fingerprint density at radius 1 is 1.65 bits per heavy atom. The second-order valence-corrected chi connectivity index (χ2v) is 5.67. The Labute approximate surface area is 130 Å². The third kappa shape index (κ3) is 4.11. The largest absolute Gasteiger partial charge is 0.368 e. The molecule has 0 saturated carbocycles. The van der Waals surface area contributed by atoms with Crippen LogP contribution in [0.5, 0.6) is 0 Å². The molecule has 8 heteroatoms. The summed E-state index contributed by atoms with van der Waals surface area (Å²) in [6.45, 7) is 2.51. The average molecular weight is 361 g/mol. The molecule has 0 heterocycles. The van der Waals surface area contributed by atoms with Crippen molar-refractivity contribution in [2.24, 2.45) is 10.8 Å². The molecule has 1 atom stereocenters. The van der Waals surface area contributed by atoms with E-state index in [4.69, 9.17) is 22.9 Å². The number of primary amides is 1. The molecule has 1 amide bonds. The highest BCUT2D eigenvalue weighted by molar-refractivity contribution is 9.10. The van der Waals surface area contributed by atoms with Crippen LogP contribution in [-0.2, 0) is 10.3 Å². The zero-order valence-electron chi connectivity index (χ0n) is 10.9. The predicted molar refractivity (Wildman–Crippen MR) is 82.3 cm³/mol. The normalized spacial score (nSPS) is 13.3. The van der Waals surface area contributed by atoms with E-state index in [2.05, 4.69) is 31.3 Å². The first-order valence-electron chi connectivity index (χ1n) is 5.93. The Morgan fingerprint density at radius 3 is 2.90 bits per heavy atom. The molecular formula is C12H15BrClN5O. The van der Waals surface area contributed by atoms with Crippen molar-refractivity contribution in [3.05, 3.63) is 43.7 Å². The second-order valence-electron chi connectivity index (χ2n) is 4.35. The van der Waals surface area contributed by atoms with Crippen molar-refractivity contribution in [2.45, 2.75) is 18.9 Å². The van der Waals surface area contributed by atoms with E-state index in [1.807, 2.05) is 0 Å². The van der Waals surface area contributed by atoms with E-state index in [-0.39, 0.29) is 0 Å². The number of carbonyl (C=O) groups is 1. The molecule has 0 fully saturated rings. The number of hydrogen-bond donors (Lipinski definition) is 2. The topological polar surface area (TPSA) is 104 Å². The van der Waals surface area contributed by atoms with E-state index in [1.54, 1.807) is 25.1 Å². The van der Waals surface area contributed by atoms with Crippen LogP contribution in [0.3, 0.4) is 0 Å². The van der Waals surface area contributed by atoms with Crippen molar-refractivity contribution in [3.63, 3.8) is 0 Å². The minimum atomic E-state index is -1.08. The summed E-state index contributed by atoms with van der Waals surface area (Å²) in [5.41, 5.74) is 13.2. The van der Waals surface area contributed by atoms with Gasteiger partial charge in [-0.1, -0.05) is 38.7 Å². The lowest BCUT2D eigenvalue weighted by Gasteiger charge is -2.29. The average Bonchev–Trinajstić information content (AvgIpc) is 2.37. The summed E-state index contributed by atoms with van der Waals surface area (Å²) in [7, 11) is 0. The van der Waals surface area contributed by atoms with Gasteiger partial charge in [0.2, 0.25) is 5.91 Å². The Morgan fingerprint density at radius 2 is 2.35 bits per heavy atom. The number of azide groups is 1. The predicted octanol–water partition coefficient (Wildman–Crippen LogP) is 3.09. The van der Waals surface area contributed by atoms with Gasteiger partial charge in [0.1, 0.15) is 5.54 Å². The Kier molecular flexibility index (Phi) is 6.29. The van der Waals surface area contributed by atoms with Gasteiger partial charge in [-0.05, 0) is 43.1 Å². The number of rotatable bonds is 7. The first kappa shape index (κ1) is 16.8. The Balaban J connectivity index is 2.91. The van der Waals surface area contributed by atoms with Crippen molar-refractivity contribution in [2.75, 3.05) is 13.1 Å². The van der Waals surface area contributed by atoms with Gasteiger partial charge in [-0.25, -0.2) is 0 Å². The zero-order valence-corrected chi connectivity index (χ0v) is 13.3. The number of amides is 1. The SMILES string of the molecule is CC(NCCCN=[N+]=[N-])(C(N)=O)c1ccc(Br)cc1Cl. The molecule has 0 aliphatic carbocycles. The van der Waals surface area contributed by atoms with Crippen molar-refractivity contribution in [3.8, 4) is 0 Å². The molecule has 1 aromatic rings. The van der Waals surface area contributed by atoms with Gasteiger partial charge in [0.15, 0.2) is 0 Å². The highest BCUT2D eigenvalue weighted by Crippen LogP contribution is 2.30. The van der Waals surface area contributed by atoms with E-state index < -0.39 is 11.4 Å². The number of hydrogen-bond acceptors (Lipinski definition) is 3. The third-order valence-electron chi connectivity index (χ3n) is 2.94. The van der Waals surface area contributed by atoms with Gasteiger partial charge in [-0.3, -0.25) is 10.1 Å². The molecule has 0 radical (unpaired) electrons. The van der Waals surface area contributed by atoms with Crippen LogP contribution < -0.4 is 11.1 Å². The molecule has 1 aromatic carbocycles. The summed E-state index contributed by atoms with van der Waals surface area (Å²) in [5, 5.41) is 6.95. The van der Waals surface area contributed by atoms with Crippen LogP contribution in [0, 0.1) is 0 Å². The highest BCUT2D eigenvalue weighted by atomic mass is 79.9. The fraction of sp³-hybridized carbons (Fsp3) is 0.417. The molecule has 3 N–H and O–H groups in total. The maximum absolute atomic E-state index is 11.8. The Hall–Kier alpha value is -1.27. The van der Waals surface area contributed by atoms with E-state index >= 15 is 0 Å². The van der Waals surface area contributed by atoms with Crippen LogP contribution in [0.1, 0.15) is 18.9 Å². The molecule has 0 saturated heterocycles. The number of benzene rings is 1. The van der Waals surface area contributed by atoms with Gasteiger partial charge in [0.25, 0.3) is 0 Å². The molecule has 0 aromatic heterocycles. The van der Waals surface area contributed by atoms with Gasteiger partial charge >= 0.3 is 0 Å². The number of nitrogens with one attached hydrogen (secondary N) is 1. The molecule has 0 spiro atoms. The molecule has 108 valence electrons. The highest BCUT2D eigenvalue weighted by Gasteiger charge is 2.34. The maximum Gasteiger partial charge on any atom is 0.242 e. The van der Waals surface area contributed by atoms with Crippen LogP contribution in [0.4, 0.5) is 0 Å². The monoisotopic (exact) mass is 359 g/mol. The van der Waals surface area contributed by atoms with E-state index in [9.17, 15) is 4.79 Å². The van der Waals surface area contributed by atoms with Crippen molar-refractivity contribution >= 4 is 33.4 Å². The quantitative estimate of drug-likeness (QED) is 0.337. The number of halogens is 2. The molecule has 1 rings (SSSR count). The van der Waals surface area contributed by atoms with Crippen LogP contribution in [-0.4, -0.2) is 19.0 Å². The number of nitrogens with two attached hydrogens (primary N) is 1. The lowest BCUT2D eigenvalue weighted by Crippen LogP contribution is -2.51. The summed E-state index contributed by atoms with van der Waals surface area (Å²) >= 11 is 9.49. The lowest BCUT2D eigenvalue weighted by atomic mass is 9.91. The standard InChI is InChI=1S/C12H15BrClN5O/c1-12(11(15)20,17-5-2-6-18-19-16)9-4-3-8(13)7-10(9)14/h3-4,7,17H,2,5-6H2,1H3,(H2,15,20). The van der Waals surface area contributed by atoms with Crippen molar-refractivity contribution < 1.29 is 4.79 Å². The van der Waals surface area contributed by atoms with Crippen LogP contribution in [0.15, 0.2) is 27.8 Å². The smallest absolute Gasteiger partial charge is 0.242 e.